The van der Waals surface area contributed by atoms with E-state index in [-0.39, 0.29) is 6.10 Å². The van der Waals surface area contributed by atoms with Crippen LogP contribution >= 0.6 is 11.8 Å². The van der Waals surface area contributed by atoms with Gasteiger partial charge >= 0.3 is 0 Å². The van der Waals surface area contributed by atoms with E-state index in [2.05, 4.69) is 0 Å². The Morgan fingerprint density at radius 1 is 1.00 bits per heavy atom. The number of aliphatic hydroxyl groups is 1. The molecular formula is C11H20OS. The predicted molar refractivity (Wildman–Crippen MR) is 58.1 cm³/mol. The minimum absolute atomic E-state index is 0.00722. The van der Waals surface area contributed by atoms with Crippen molar-refractivity contribution in [2.45, 2.75) is 56.3 Å². The van der Waals surface area contributed by atoms with Crippen molar-refractivity contribution < 1.29 is 5.11 Å². The van der Waals surface area contributed by atoms with Gasteiger partial charge in [-0.1, -0.05) is 19.3 Å². The average molecular weight is 200 g/mol. The third kappa shape index (κ3) is 2.41. The highest BCUT2D eigenvalue weighted by Gasteiger charge is 2.30. The minimum Gasteiger partial charge on any atom is -0.392 e. The highest BCUT2D eigenvalue weighted by atomic mass is 32.2. The molecule has 0 aromatic heterocycles. The zero-order valence-electron chi connectivity index (χ0n) is 8.24. The first-order chi connectivity index (χ1) is 6.38. The van der Waals surface area contributed by atoms with Gasteiger partial charge in [-0.05, 0) is 37.4 Å². The molecule has 1 nitrogen and oxygen atoms in total. The molecule has 0 aromatic carbocycles. The number of rotatable bonds is 2. The monoisotopic (exact) mass is 200 g/mol. The summed E-state index contributed by atoms with van der Waals surface area (Å²) in [4.78, 5) is 0. The largest absolute Gasteiger partial charge is 0.392 e. The minimum atomic E-state index is 0.00722. The Balaban J connectivity index is 1.83. The molecule has 0 amide bonds. The second kappa shape index (κ2) is 4.70. The maximum absolute atomic E-state index is 10.2. The summed E-state index contributed by atoms with van der Waals surface area (Å²) in [5.74, 6) is 1.91. The van der Waals surface area contributed by atoms with Crippen LogP contribution in [0.25, 0.3) is 0 Å². The summed E-state index contributed by atoms with van der Waals surface area (Å²) < 4.78 is 0. The van der Waals surface area contributed by atoms with Crippen molar-refractivity contribution >= 4 is 11.8 Å². The van der Waals surface area contributed by atoms with Crippen molar-refractivity contribution in [3.8, 4) is 0 Å². The lowest BCUT2D eigenvalue weighted by Gasteiger charge is -2.29. The van der Waals surface area contributed by atoms with E-state index in [0.29, 0.717) is 11.2 Å². The number of thioether (sulfide) groups is 1. The summed E-state index contributed by atoms with van der Waals surface area (Å²) in [6, 6.07) is 0. The standard InChI is InChI=1S/C11H20OS/c12-11(9-5-1-2-6-9)10-7-3-4-8-13-10/h9-12H,1-8H2. The Morgan fingerprint density at radius 3 is 2.31 bits per heavy atom. The Kier molecular flexibility index (Phi) is 3.56. The lowest BCUT2D eigenvalue weighted by atomic mass is 9.95. The fourth-order valence-corrected chi connectivity index (χ4v) is 4.06. The van der Waals surface area contributed by atoms with Crippen molar-refractivity contribution in [2.75, 3.05) is 5.75 Å². The van der Waals surface area contributed by atoms with Crippen LogP contribution in [0.1, 0.15) is 44.9 Å². The Labute approximate surface area is 85.3 Å². The van der Waals surface area contributed by atoms with Gasteiger partial charge in [0.2, 0.25) is 0 Å². The van der Waals surface area contributed by atoms with E-state index in [1.54, 1.807) is 0 Å². The molecule has 2 unspecified atom stereocenters. The number of hydrogen-bond donors (Lipinski definition) is 1. The summed E-state index contributed by atoms with van der Waals surface area (Å²) in [6.45, 7) is 0. The zero-order chi connectivity index (χ0) is 9.10. The van der Waals surface area contributed by atoms with Gasteiger partial charge in [0.05, 0.1) is 6.10 Å². The molecule has 0 aromatic rings. The van der Waals surface area contributed by atoms with Crippen molar-refractivity contribution in [2.24, 2.45) is 5.92 Å². The van der Waals surface area contributed by atoms with E-state index in [0.717, 1.165) is 0 Å². The van der Waals surface area contributed by atoms with Crippen LogP contribution in [-0.2, 0) is 0 Å². The number of aliphatic hydroxyl groups excluding tert-OH is 1. The molecule has 2 heteroatoms. The Hall–Kier alpha value is 0.310. The van der Waals surface area contributed by atoms with Gasteiger partial charge in [0.1, 0.15) is 0 Å². The van der Waals surface area contributed by atoms with Gasteiger partial charge in [-0.3, -0.25) is 0 Å². The molecule has 2 rings (SSSR count). The molecule has 1 N–H and O–H groups in total. The van der Waals surface area contributed by atoms with Crippen LogP contribution in [-0.4, -0.2) is 22.2 Å². The summed E-state index contributed by atoms with van der Waals surface area (Å²) in [5.41, 5.74) is 0. The molecule has 1 saturated heterocycles. The summed E-state index contributed by atoms with van der Waals surface area (Å²) in [5, 5.41) is 10.7. The van der Waals surface area contributed by atoms with E-state index in [9.17, 15) is 5.11 Å². The third-order valence-corrected chi connectivity index (χ3v) is 4.95. The van der Waals surface area contributed by atoms with Crippen molar-refractivity contribution in [1.29, 1.82) is 0 Å². The lowest BCUT2D eigenvalue weighted by molar-refractivity contribution is 0.104. The summed E-state index contributed by atoms with van der Waals surface area (Å²) in [7, 11) is 0. The van der Waals surface area contributed by atoms with Crippen LogP contribution in [0, 0.1) is 5.92 Å². The van der Waals surface area contributed by atoms with Crippen LogP contribution in [0.15, 0.2) is 0 Å². The molecule has 76 valence electrons. The molecule has 1 aliphatic heterocycles. The highest BCUT2D eigenvalue weighted by Crippen LogP contribution is 2.36. The second-order valence-corrected chi connectivity index (χ2v) is 5.79. The van der Waals surface area contributed by atoms with E-state index in [4.69, 9.17) is 0 Å². The first kappa shape index (κ1) is 9.85. The highest BCUT2D eigenvalue weighted by molar-refractivity contribution is 8.00. The molecule has 2 fully saturated rings. The fraction of sp³-hybridized carbons (Fsp3) is 1.00. The zero-order valence-corrected chi connectivity index (χ0v) is 9.06. The van der Waals surface area contributed by atoms with Gasteiger partial charge in [-0.2, -0.15) is 11.8 Å². The van der Waals surface area contributed by atoms with Crippen LogP contribution < -0.4 is 0 Å². The van der Waals surface area contributed by atoms with Gasteiger partial charge in [0.15, 0.2) is 0 Å². The van der Waals surface area contributed by atoms with Gasteiger partial charge in [-0.15, -0.1) is 0 Å². The molecule has 2 atom stereocenters. The molecule has 0 spiro atoms. The molecule has 1 saturated carbocycles. The summed E-state index contributed by atoms with van der Waals surface area (Å²) in [6.07, 6.45) is 9.20. The van der Waals surface area contributed by atoms with Crippen LogP contribution in [0.4, 0.5) is 0 Å². The first-order valence-corrected chi connectivity index (χ1v) is 6.72. The smallest absolute Gasteiger partial charge is 0.0686 e. The van der Waals surface area contributed by atoms with E-state index >= 15 is 0 Å². The maximum atomic E-state index is 10.2. The molecule has 1 heterocycles. The molecule has 0 bridgehead atoms. The third-order valence-electron chi connectivity index (χ3n) is 3.48. The lowest BCUT2D eigenvalue weighted by Crippen LogP contribution is -2.31. The van der Waals surface area contributed by atoms with Gasteiger partial charge < -0.3 is 5.11 Å². The van der Waals surface area contributed by atoms with Gasteiger partial charge in [-0.25, -0.2) is 0 Å². The first-order valence-electron chi connectivity index (χ1n) is 5.67. The maximum Gasteiger partial charge on any atom is 0.0686 e. The predicted octanol–water partition coefficient (Wildman–Crippen LogP) is 2.82. The van der Waals surface area contributed by atoms with Crippen LogP contribution in [0.2, 0.25) is 0 Å². The SMILES string of the molecule is OC(C1CCCC1)C1CCCCS1. The normalized spacial score (nSPS) is 33.5. The van der Waals surface area contributed by atoms with Crippen molar-refractivity contribution in [1.82, 2.24) is 0 Å². The molecule has 13 heavy (non-hydrogen) atoms. The molecule has 1 aliphatic carbocycles. The quantitative estimate of drug-likeness (QED) is 0.739. The van der Waals surface area contributed by atoms with Crippen molar-refractivity contribution in [3.05, 3.63) is 0 Å². The van der Waals surface area contributed by atoms with E-state index < -0.39 is 0 Å². The summed E-state index contributed by atoms with van der Waals surface area (Å²) >= 11 is 2.01. The Bertz CT molecular complexity index is 148. The molecule has 2 aliphatic rings. The average Bonchev–Trinajstić information content (AvgIpc) is 2.71. The number of hydrogen-bond acceptors (Lipinski definition) is 2. The van der Waals surface area contributed by atoms with Crippen molar-refractivity contribution in [3.63, 3.8) is 0 Å². The molecule has 0 radical (unpaired) electrons. The van der Waals surface area contributed by atoms with Gasteiger partial charge in [0.25, 0.3) is 0 Å². The van der Waals surface area contributed by atoms with Crippen LogP contribution in [0.3, 0.4) is 0 Å². The van der Waals surface area contributed by atoms with Gasteiger partial charge in [0, 0.05) is 5.25 Å². The Morgan fingerprint density at radius 2 is 1.69 bits per heavy atom. The van der Waals surface area contributed by atoms with E-state index in [1.165, 1.54) is 50.7 Å². The van der Waals surface area contributed by atoms with E-state index in [1.807, 2.05) is 11.8 Å². The topological polar surface area (TPSA) is 20.2 Å². The fourth-order valence-electron chi connectivity index (χ4n) is 2.64. The van der Waals surface area contributed by atoms with Crippen LogP contribution in [0.5, 0.6) is 0 Å². The second-order valence-electron chi connectivity index (χ2n) is 4.44. The molecular weight excluding hydrogens is 180 g/mol.